The van der Waals surface area contributed by atoms with Crippen LogP contribution in [0.2, 0.25) is 0 Å². The normalized spacial score (nSPS) is 10.0. The molecule has 0 aliphatic heterocycles. The second-order valence-electron chi connectivity index (χ2n) is 3.16. The summed E-state index contributed by atoms with van der Waals surface area (Å²) >= 11 is 0. The van der Waals surface area contributed by atoms with Gasteiger partial charge in [-0.1, -0.05) is 36.9 Å². The number of H-pyrrole nitrogens is 1. The molecular formula is C12H12N2. The van der Waals surface area contributed by atoms with Gasteiger partial charge in [-0.2, -0.15) is 0 Å². The van der Waals surface area contributed by atoms with Crippen LogP contribution in [-0.2, 0) is 6.42 Å². The summed E-state index contributed by atoms with van der Waals surface area (Å²) in [4.78, 5) is 7.27. The number of hydrogen-bond acceptors (Lipinski definition) is 1. The van der Waals surface area contributed by atoms with Crippen molar-refractivity contribution in [3.63, 3.8) is 0 Å². The van der Waals surface area contributed by atoms with Gasteiger partial charge in [0, 0.05) is 18.8 Å². The van der Waals surface area contributed by atoms with E-state index in [1.165, 1.54) is 5.56 Å². The number of benzene rings is 1. The van der Waals surface area contributed by atoms with Crippen LogP contribution in [0.1, 0.15) is 17.0 Å². The molecule has 0 aliphatic rings. The van der Waals surface area contributed by atoms with Gasteiger partial charge < -0.3 is 4.98 Å². The molecule has 2 heteroatoms. The molecule has 1 N–H and O–H groups in total. The molecule has 0 saturated carbocycles. The molecule has 1 heterocycles. The van der Waals surface area contributed by atoms with Crippen LogP contribution in [0.5, 0.6) is 0 Å². The fourth-order valence-corrected chi connectivity index (χ4v) is 1.42. The molecule has 1 aromatic carbocycles. The smallest absolute Gasteiger partial charge is 0.110 e. The predicted octanol–water partition coefficient (Wildman–Crippen LogP) is 2.64. The molecule has 70 valence electrons. The summed E-state index contributed by atoms with van der Waals surface area (Å²) in [5, 5.41) is 0. The Morgan fingerprint density at radius 1 is 1.43 bits per heavy atom. The Morgan fingerprint density at radius 2 is 2.36 bits per heavy atom. The van der Waals surface area contributed by atoms with E-state index in [-0.39, 0.29) is 0 Å². The van der Waals surface area contributed by atoms with Crippen molar-refractivity contribution < 1.29 is 0 Å². The molecule has 2 rings (SSSR count). The van der Waals surface area contributed by atoms with E-state index >= 15 is 0 Å². The minimum atomic E-state index is 0.842. The third-order valence-corrected chi connectivity index (χ3v) is 2.11. The molecule has 2 aromatic rings. The van der Waals surface area contributed by atoms with Crippen molar-refractivity contribution in [1.82, 2.24) is 9.97 Å². The molecule has 14 heavy (non-hydrogen) atoms. The van der Waals surface area contributed by atoms with Crippen LogP contribution >= 0.6 is 0 Å². The van der Waals surface area contributed by atoms with Crippen molar-refractivity contribution in [3.8, 4) is 0 Å². The van der Waals surface area contributed by atoms with E-state index in [2.05, 4.69) is 28.7 Å². The summed E-state index contributed by atoms with van der Waals surface area (Å²) in [7, 11) is 0. The highest BCUT2D eigenvalue weighted by molar-refractivity contribution is 5.48. The third kappa shape index (κ3) is 1.91. The highest BCUT2D eigenvalue weighted by atomic mass is 14.9. The van der Waals surface area contributed by atoms with E-state index in [1.807, 2.05) is 24.4 Å². The SMILES string of the molecule is C=Cc1cccc(Cc2ncc[nH]2)c1. The molecular weight excluding hydrogens is 172 g/mol. The van der Waals surface area contributed by atoms with Crippen molar-refractivity contribution in [3.05, 3.63) is 60.2 Å². The second-order valence-corrected chi connectivity index (χ2v) is 3.16. The number of imidazole rings is 1. The number of rotatable bonds is 3. The zero-order valence-electron chi connectivity index (χ0n) is 7.90. The van der Waals surface area contributed by atoms with E-state index in [1.54, 1.807) is 6.20 Å². The van der Waals surface area contributed by atoms with Gasteiger partial charge in [0.25, 0.3) is 0 Å². The maximum atomic E-state index is 4.19. The van der Waals surface area contributed by atoms with Gasteiger partial charge >= 0.3 is 0 Å². The molecule has 0 unspecified atom stereocenters. The van der Waals surface area contributed by atoms with Gasteiger partial charge in [0.15, 0.2) is 0 Å². The zero-order chi connectivity index (χ0) is 9.80. The fourth-order valence-electron chi connectivity index (χ4n) is 1.42. The number of hydrogen-bond donors (Lipinski definition) is 1. The maximum absolute atomic E-state index is 4.19. The largest absolute Gasteiger partial charge is 0.348 e. The Hall–Kier alpha value is -1.83. The quantitative estimate of drug-likeness (QED) is 0.780. The number of aromatic nitrogens is 2. The molecule has 2 nitrogen and oxygen atoms in total. The molecule has 1 aromatic heterocycles. The van der Waals surface area contributed by atoms with Crippen LogP contribution in [0, 0.1) is 0 Å². The standard InChI is InChI=1S/C12H12N2/c1-2-10-4-3-5-11(8-10)9-12-13-6-7-14-12/h2-8H,1,9H2,(H,13,14). The van der Waals surface area contributed by atoms with Crippen molar-refractivity contribution in [1.29, 1.82) is 0 Å². The van der Waals surface area contributed by atoms with E-state index in [0.717, 1.165) is 17.8 Å². The summed E-state index contributed by atoms with van der Waals surface area (Å²) in [6, 6.07) is 8.29. The fraction of sp³-hybridized carbons (Fsp3) is 0.0833. The van der Waals surface area contributed by atoms with Gasteiger partial charge in [-0.25, -0.2) is 4.98 Å². The molecule has 0 amide bonds. The number of nitrogens with one attached hydrogen (secondary N) is 1. The first kappa shape index (κ1) is 8.75. The van der Waals surface area contributed by atoms with Gasteiger partial charge in [0.1, 0.15) is 5.82 Å². The van der Waals surface area contributed by atoms with Crippen LogP contribution < -0.4 is 0 Å². The lowest BCUT2D eigenvalue weighted by Crippen LogP contribution is -1.90. The first-order valence-corrected chi connectivity index (χ1v) is 4.58. The second kappa shape index (κ2) is 3.92. The first-order valence-electron chi connectivity index (χ1n) is 4.58. The average molecular weight is 184 g/mol. The summed E-state index contributed by atoms with van der Waals surface area (Å²) in [6.07, 6.45) is 6.31. The van der Waals surface area contributed by atoms with Crippen LogP contribution in [-0.4, -0.2) is 9.97 Å². The third-order valence-electron chi connectivity index (χ3n) is 2.11. The van der Waals surface area contributed by atoms with Crippen molar-refractivity contribution in [2.45, 2.75) is 6.42 Å². The maximum Gasteiger partial charge on any atom is 0.110 e. The van der Waals surface area contributed by atoms with Crippen LogP contribution in [0.3, 0.4) is 0 Å². The molecule has 0 atom stereocenters. The van der Waals surface area contributed by atoms with E-state index in [9.17, 15) is 0 Å². The summed E-state index contributed by atoms with van der Waals surface area (Å²) < 4.78 is 0. The van der Waals surface area contributed by atoms with E-state index < -0.39 is 0 Å². The Kier molecular flexibility index (Phi) is 2.45. The lowest BCUT2D eigenvalue weighted by atomic mass is 10.1. The minimum absolute atomic E-state index is 0.842. The summed E-state index contributed by atoms with van der Waals surface area (Å²) in [5.74, 6) is 0.992. The topological polar surface area (TPSA) is 28.7 Å². The van der Waals surface area contributed by atoms with Crippen molar-refractivity contribution in [2.24, 2.45) is 0 Å². The minimum Gasteiger partial charge on any atom is -0.348 e. The zero-order valence-corrected chi connectivity index (χ0v) is 7.90. The molecule has 0 spiro atoms. The van der Waals surface area contributed by atoms with Crippen LogP contribution in [0.4, 0.5) is 0 Å². The highest BCUT2D eigenvalue weighted by Crippen LogP contribution is 2.09. The molecule has 0 saturated heterocycles. The monoisotopic (exact) mass is 184 g/mol. The average Bonchev–Trinajstić information content (AvgIpc) is 2.71. The lowest BCUT2D eigenvalue weighted by Gasteiger charge is -1.99. The molecule has 0 radical (unpaired) electrons. The van der Waals surface area contributed by atoms with Crippen molar-refractivity contribution >= 4 is 6.08 Å². The van der Waals surface area contributed by atoms with Gasteiger partial charge in [0.2, 0.25) is 0 Å². The summed E-state index contributed by atoms with van der Waals surface area (Å²) in [6.45, 7) is 3.75. The lowest BCUT2D eigenvalue weighted by molar-refractivity contribution is 1.03. The molecule has 0 bridgehead atoms. The Labute approximate surface area is 83.3 Å². The Balaban J connectivity index is 2.21. The summed E-state index contributed by atoms with van der Waals surface area (Å²) in [5.41, 5.74) is 2.39. The highest BCUT2D eigenvalue weighted by Gasteiger charge is 1.97. The van der Waals surface area contributed by atoms with Gasteiger partial charge in [0.05, 0.1) is 0 Å². The van der Waals surface area contributed by atoms with Gasteiger partial charge in [-0.15, -0.1) is 0 Å². The molecule has 0 fully saturated rings. The van der Waals surface area contributed by atoms with Gasteiger partial charge in [-0.05, 0) is 11.1 Å². The van der Waals surface area contributed by atoms with E-state index in [4.69, 9.17) is 0 Å². The molecule has 0 aliphatic carbocycles. The Bertz CT molecular complexity index is 416. The van der Waals surface area contributed by atoms with Gasteiger partial charge in [-0.3, -0.25) is 0 Å². The number of nitrogens with zero attached hydrogens (tertiary/aromatic N) is 1. The first-order chi connectivity index (χ1) is 6.88. The van der Waals surface area contributed by atoms with Crippen LogP contribution in [0.25, 0.3) is 6.08 Å². The Morgan fingerprint density at radius 3 is 3.07 bits per heavy atom. The van der Waals surface area contributed by atoms with Crippen molar-refractivity contribution in [2.75, 3.05) is 0 Å². The van der Waals surface area contributed by atoms with Crippen LogP contribution in [0.15, 0.2) is 43.2 Å². The van der Waals surface area contributed by atoms with E-state index in [0.29, 0.717) is 0 Å². The number of aromatic amines is 1. The predicted molar refractivity (Wildman–Crippen MR) is 57.9 cm³/mol.